The monoisotopic (exact) mass is 216 g/mol. The van der Waals surface area contributed by atoms with Crippen LogP contribution in [0.2, 0.25) is 0 Å². The summed E-state index contributed by atoms with van der Waals surface area (Å²) in [5, 5.41) is 8.28. The lowest BCUT2D eigenvalue weighted by atomic mass is 10.1. The standard InChI is InChI=1S/C14H20N2/c1-12-8-4-3-7-11-16(12)14(15)13-9-5-2-6-10-13/h2,5-6,9-10,12,15H,3-4,7-8,11H2,1H3. The van der Waals surface area contributed by atoms with Crippen molar-refractivity contribution < 1.29 is 0 Å². The Balaban J connectivity index is 2.14. The zero-order valence-corrected chi connectivity index (χ0v) is 9.95. The van der Waals surface area contributed by atoms with Gasteiger partial charge < -0.3 is 4.90 Å². The SMILES string of the molecule is CC1CCCCCN1C(=N)c1ccccc1. The lowest BCUT2D eigenvalue weighted by Gasteiger charge is -2.29. The minimum Gasteiger partial charge on any atom is -0.354 e. The molecular formula is C14H20N2. The van der Waals surface area contributed by atoms with Crippen LogP contribution in [0.15, 0.2) is 30.3 Å². The zero-order valence-electron chi connectivity index (χ0n) is 9.95. The third-order valence-corrected chi connectivity index (χ3v) is 3.39. The van der Waals surface area contributed by atoms with E-state index in [1.54, 1.807) is 0 Å². The van der Waals surface area contributed by atoms with Gasteiger partial charge in [-0.2, -0.15) is 0 Å². The van der Waals surface area contributed by atoms with Gasteiger partial charge in [-0.1, -0.05) is 43.2 Å². The average molecular weight is 216 g/mol. The molecule has 1 aliphatic heterocycles. The van der Waals surface area contributed by atoms with Crippen molar-refractivity contribution in [3.05, 3.63) is 35.9 Å². The van der Waals surface area contributed by atoms with Gasteiger partial charge in [0.2, 0.25) is 0 Å². The normalized spacial score (nSPS) is 21.6. The van der Waals surface area contributed by atoms with E-state index in [1.165, 1.54) is 25.7 Å². The van der Waals surface area contributed by atoms with Crippen LogP contribution in [0.25, 0.3) is 0 Å². The highest BCUT2D eigenvalue weighted by atomic mass is 15.2. The molecule has 0 radical (unpaired) electrons. The van der Waals surface area contributed by atoms with Crippen molar-refractivity contribution in [1.82, 2.24) is 4.90 Å². The summed E-state index contributed by atoms with van der Waals surface area (Å²) in [6, 6.07) is 10.6. The third kappa shape index (κ3) is 2.43. The maximum atomic E-state index is 8.28. The quantitative estimate of drug-likeness (QED) is 0.566. The maximum Gasteiger partial charge on any atom is 0.128 e. The minimum atomic E-state index is 0.509. The van der Waals surface area contributed by atoms with Gasteiger partial charge in [0, 0.05) is 18.2 Å². The minimum absolute atomic E-state index is 0.509. The fourth-order valence-electron chi connectivity index (χ4n) is 2.37. The summed E-state index contributed by atoms with van der Waals surface area (Å²) >= 11 is 0. The van der Waals surface area contributed by atoms with Crippen LogP contribution in [-0.4, -0.2) is 23.3 Å². The van der Waals surface area contributed by atoms with Crippen LogP contribution < -0.4 is 0 Å². The largest absolute Gasteiger partial charge is 0.354 e. The van der Waals surface area contributed by atoms with Crippen LogP contribution in [-0.2, 0) is 0 Å². The number of benzene rings is 1. The van der Waals surface area contributed by atoms with Crippen molar-refractivity contribution in [3.8, 4) is 0 Å². The van der Waals surface area contributed by atoms with Crippen LogP contribution in [0.3, 0.4) is 0 Å². The van der Waals surface area contributed by atoms with Crippen molar-refractivity contribution in [2.24, 2.45) is 0 Å². The van der Waals surface area contributed by atoms with E-state index in [9.17, 15) is 0 Å². The van der Waals surface area contributed by atoms with Crippen LogP contribution in [0.1, 0.15) is 38.2 Å². The van der Waals surface area contributed by atoms with E-state index < -0.39 is 0 Å². The predicted molar refractivity (Wildman–Crippen MR) is 67.9 cm³/mol. The highest BCUT2D eigenvalue weighted by Crippen LogP contribution is 2.18. The number of nitrogens with zero attached hydrogens (tertiary/aromatic N) is 1. The van der Waals surface area contributed by atoms with E-state index in [2.05, 4.69) is 11.8 Å². The molecule has 2 nitrogen and oxygen atoms in total. The van der Waals surface area contributed by atoms with E-state index in [1.807, 2.05) is 30.3 Å². The Kier molecular flexibility index (Phi) is 3.60. The molecule has 1 aromatic rings. The molecule has 1 N–H and O–H groups in total. The number of likely N-dealkylation sites (tertiary alicyclic amines) is 1. The van der Waals surface area contributed by atoms with Crippen molar-refractivity contribution >= 4 is 5.84 Å². The van der Waals surface area contributed by atoms with Crippen molar-refractivity contribution in [1.29, 1.82) is 5.41 Å². The van der Waals surface area contributed by atoms with E-state index in [-0.39, 0.29) is 0 Å². The Morgan fingerprint density at radius 1 is 1.19 bits per heavy atom. The van der Waals surface area contributed by atoms with Crippen LogP contribution in [0.4, 0.5) is 0 Å². The van der Waals surface area contributed by atoms with Crippen molar-refractivity contribution in [3.63, 3.8) is 0 Å². The van der Waals surface area contributed by atoms with E-state index >= 15 is 0 Å². The zero-order chi connectivity index (χ0) is 11.4. The van der Waals surface area contributed by atoms with Crippen LogP contribution in [0.5, 0.6) is 0 Å². The molecule has 2 rings (SSSR count). The molecule has 1 saturated heterocycles. The second-order valence-electron chi connectivity index (χ2n) is 4.61. The second-order valence-corrected chi connectivity index (χ2v) is 4.61. The third-order valence-electron chi connectivity index (χ3n) is 3.39. The Morgan fingerprint density at radius 3 is 2.69 bits per heavy atom. The number of hydrogen-bond acceptors (Lipinski definition) is 1. The predicted octanol–water partition coefficient (Wildman–Crippen LogP) is 3.28. The first kappa shape index (κ1) is 11.2. The van der Waals surface area contributed by atoms with Gasteiger partial charge >= 0.3 is 0 Å². The highest BCUT2D eigenvalue weighted by Gasteiger charge is 2.19. The van der Waals surface area contributed by atoms with E-state index in [4.69, 9.17) is 5.41 Å². The van der Waals surface area contributed by atoms with Crippen LogP contribution in [0, 0.1) is 5.41 Å². The molecule has 1 unspecified atom stereocenters. The van der Waals surface area contributed by atoms with Gasteiger partial charge in [0.25, 0.3) is 0 Å². The number of hydrogen-bond donors (Lipinski definition) is 1. The van der Waals surface area contributed by atoms with Crippen LogP contribution >= 0.6 is 0 Å². The number of nitrogens with one attached hydrogen (secondary N) is 1. The first-order valence-electron chi connectivity index (χ1n) is 6.19. The molecule has 0 aromatic heterocycles. The molecular weight excluding hydrogens is 196 g/mol. The van der Waals surface area contributed by atoms with Gasteiger partial charge in [0.15, 0.2) is 0 Å². The molecule has 0 aliphatic carbocycles. The first-order valence-corrected chi connectivity index (χ1v) is 6.19. The fraction of sp³-hybridized carbons (Fsp3) is 0.500. The first-order chi connectivity index (χ1) is 7.79. The van der Waals surface area contributed by atoms with E-state index in [0.29, 0.717) is 11.9 Å². The van der Waals surface area contributed by atoms with Gasteiger partial charge in [0.1, 0.15) is 5.84 Å². The molecule has 0 spiro atoms. The van der Waals surface area contributed by atoms with Gasteiger partial charge in [-0.15, -0.1) is 0 Å². The van der Waals surface area contributed by atoms with Crippen molar-refractivity contribution in [2.75, 3.05) is 6.54 Å². The molecule has 86 valence electrons. The lowest BCUT2D eigenvalue weighted by molar-refractivity contribution is 0.335. The summed E-state index contributed by atoms with van der Waals surface area (Å²) in [4.78, 5) is 2.25. The average Bonchev–Trinajstić information content (AvgIpc) is 2.54. The summed E-state index contributed by atoms with van der Waals surface area (Å²) in [6.07, 6.45) is 5.05. The lowest BCUT2D eigenvalue weighted by Crippen LogP contribution is -2.38. The molecule has 0 bridgehead atoms. The number of amidine groups is 1. The summed E-state index contributed by atoms with van der Waals surface area (Å²) < 4.78 is 0. The molecule has 0 saturated carbocycles. The molecule has 1 atom stereocenters. The Hall–Kier alpha value is -1.31. The topological polar surface area (TPSA) is 27.1 Å². The van der Waals surface area contributed by atoms with E-state index in [0.717, 1.165) is 12.1 Å². The van der Waals surface area contributed by atoms with Gasteiger partial charge in [-0.05, 0) is 19.8 Å². The Bertz CT molecular complexity index is 345. The van der Waals surface area contributed by atoms with Gasteiger partial charge in [-0.3, -0.25) is 5.41 Å². The molecule has 1 heterocycles. The molecule has 16 heavy (non-hydrogen) atoms. The summed E-state index contributed by atoms with van der Waals surface area (Å²) in [5.74, 6) is 0.690. The van der Waals surface area contributed by atoms with Gasteiger partial charge in [-0.25, -0.2) is 0 Å². The summed E-state index contributed by atoms with van der Waals surface area (Å²) in [6.45, 7) is 3.28. The summed E-state index contributed by atoms with van der Waals surface area (Å²) in [7, 11) is 0. The molecule has 1 fully saturated rings. The molecule has 1 aromatic carbocycles. The smallest absolute Gasteiger partial charge is 0.128 e. The van der Waals surface area contributed by atoms with Crippen molar-refractivity contribution in [2.45, 2.75) is 38.6 Å². The Morgan fingerprint density at radius 2 is 1.94 bits per heavy atom. The number of rotatable bonds is 1. The molecule has 2 heteroatoms. The highest BCUT2D eigenvalue weighted by molar-refractivity contribution is 5.96. The Labute approximate surface area is 97.8 Å². The maximum absolute atomic E-state index is 8.28. The second kappa shape index (κ2) is 5.15. The fourth-order valence-corrected chi connectivity index (χ4v) is 2.37. The molecule has 1 aliphatic rings. The molecule has 0 amide bonds. The summed E-state index contributed by atoms with van der Waals surface area (Å²) in [5.41, 5.74) is 1.04. The van der Waals surface area contributed by atoms with Gasteiger partial charge in [0.05, 0.1) is 0 Å².